The molecule has 5 heteroatoms. The van der Waals surface area contributed by atoms with Crippen molar-refractivity contribution in [2.45, 2.75) is 57.6 Å². The molecular formula is C14H26N4O. The minimum absolute atomic E-state index is 0.0840. The number of aromatic nitrogens is 3. The summed E-state index contributed by atoms with van der Waals surface area (Å²) in [6.45, 7) is 6.31. The van der Waals surface area contributed by atoms with Crippen molar-refractivity contribution in [1.82, 2.24) is 20.1 Å². The predicted molar refractivity (Wildman–Crippen MR) is 75.0 cm³/mol. The van der Waals surface area contributed by atoms with Crippen molar-refractivity contribution >= 4 is 0 Å². The molecule has 0 radical (unpaired) electrons. The van der Waals surface area contributed by atoms with E-state index in [2.05, 4.69) is 29.2 Å². The van der Waals surface area contributed by atoms with E-state index >= 15 is 0 Å². The summed E-state index contributed by atoms with van der Waals surface area (Å²) < 4.78 is 7.95. The third-order valence-electron chi connectivity index (χ3n) is 4.07. The molecule has 1 aromatic rings. The van der Waals surface area contributed by atoms with Crippen molar-refractivity contribution in [2.24, 2.45) is 7.05 Å². The van der Waals surface area contributed by atoms with Crippen LogP contribution in [0.1, 0.15) is 45.4 Å². The Balaban J connectivity index is 2.08. The fourth-order valence-electron chi connectivity index (χ4n) is 2.74. The molecule has 0 spiro atoms. The van der Waals surface area contributed by atoms with Crippen LogP contribution in [0, 0.1) is 0 Å². The van der Waals surface area contributed by atoms with Crippen LogP contribution in [-0.2, 0) is 18.2 Å². The third kappa shape index (κ3) is 3.54. The van der Waals surface area contributed by atoms with Crippen molar-refractivity contribution < 1.29 is 4.74 Å². The highest BCUT2D eigenvalue weighted by Crippen LogP contribution is 2.29. The van der Waals surface area contributed by atoms with Crippen molar-refractivity contribution in [1.29, 1.82) is 0 Å². The summed E-state index contributed by atoms with van der Waals surface area (Å²) in [5.74, 6) is 1.02. The van der Waals surface area contributed by atoms with E-state index in [4.69, 9.17) is 4.74 Å². The van der Waals surface area contributed by atoms with Gasteiger partial charge in [0, 0.05) is 26.1 Å². The number of hydrogen-bond acceptors (Lipinski definition) is 4. The van der Waals surface area contributed by atoms with Crippen LogP contribution in [0.3, 0.4) is 0 Å². The van der Waals surface area contributed by atoms with Crippen LogP contribution in [0.2, 0.25) is 0 Å². The van der Waals surface area contributed by atoms with E-state index in [1.165, 1.54) is 12.8 Å². The molecule has 1 aromatic heterocycles. The molecule has 0 aromatic carbocycles. The van der Waals surface area contributed by atoms with Crippen LogP contribution >= 0.6 is 0 Å². The molecule has 1 aliphatic heterocycles. The second kappa shape index (κ2) is 6.48. The highest BCUT2D eigenvalue weighted by Gasteiger charge is 2.37. The minimum atomic E-state index is -0.0840. The van der Waals surface area contributed by atoms with Gasteiger partial charge >= 0.3 is 0 Å². The van der Waals surface area contributed by atoms with E-state index in [0.717, 1.165) is 38.2 Å². The average Bonchev–Trinajstić information content (AvgIpc) is 2.81. The lowest BCUT2D eigenvalue weighted by molar-refractivity contribution is -0.0887. The van der Waals surface area contributed by atoms with Gasteiger partial charge in [0.15, 0.2) is 0 Å². The van der Waals surface area contributed by atoms with Gasteiger partial charge in [-0.3, -0.25) is 4.68 Å². The monoisotopic (exact) mass is 266 g/mol. The van der Waals surface area contributed by atoms with Crippen LogP contribution in [0.4, 0.5) is 0 Å². The van der Waals surface area contributed by atoms with Gasteiger partial charge in [0.05, 0.1) is 5.60 Å². The zero-order valence-electron chi connectivity index (χ0n) is 12.4. The van der Waals surface area contributed by atoms with Crippen molar-refractivity contribution in [3.63, 3.8) is 0 Å². The number of hydrogen-bond donors (Lipinski definition) is 1. The Kier molecular flexibility index (Phi) is 4.93. The lowest BCUT2D eigenvalue weighted by atomic mass is 9.86. The van der Waals surface area contributed by atoms with E-state index in [1.807, 2.05) is 11.7 Å². The first-order valence-corrected chi connectivity index (χ1v) is 7.36. The number of nitrogens with one attached hydrogen (secondary N) is 1. The van der Waals surface area contributed by atoms with Crippen molar-refractivity contribution in [2.75, 3.05) is 13.2 Å². The molecule has 2 heterocycles. The van der Waals surface area contributed by atoms with E-state index < -0.39 is 0 Å². The predicted octanol–water partition coefficient (Wildman–Crippen LogP) is 1.68. The van der Waals surface area contributed by atoms with Gasteiger partial charge in [-0.15, -0.1) is 0 Å². The summed E-state index contributed by atoms with van der Waals surface area (Å²) in [7, 11) is 1.95. The normalized spacial score (nSPS) is 25.4. The molecule has 2 unspecified atom stereocenters. The SMILES string of the molecule is CCCNC(Cc1ncnn1C)C1(C)CCCCO1. The molecule has 2 rings (SSSR count). The molecule has 0 amide bonds. The molecule has 0 bridgehead atoms. The summed E-state index contributed by atoms with van der Waals surface area (Å²) in [6.07, 6.45) is 7.17. The Bertz CT molecular complexity index is 385. The average molecular weight is 266 g/mol. The maximum absolute atomic E-state index is 6.09. The molecule has 5 nitrogen and oxygen atoms in total. The smallest absolute Gasteiger partial charge is 0.138 e. The largest absolute Gasteiger partial charge is 0.374 e. The van der Waals surface area contributed by atoms with Crippen LogP contribution < -0.4 is 5.32 Å². The van der Waals surface area contributed by atoms with E-state index in [-0.39, 0.29) is 5.60 Å². The highest BCUT2D eigenvalue weighted by molar-refractivity contribution is 4.99. The quantitative estimate of drug-likeness (QED) is 0.851. The second-order valence-corrected chi connectivity index (χ2v) is 5.63. The summed E-state index contributed by atoms with van der Waals surface area (Å²) >= 11 is 0. The van der Waals surface area contributed by atoms with Gasteiger partial charge in [0.25, 0.3) is 0 Å². The van der Waals surface area contributed by atoms with Gasteiger partial charge in [-0.2, -0.15) is 5.10 Å². The van der Waals surface area contributed by atoms with Crippen LogP contribution in [0.15, 0.2) is 6.33 Å². The van der Waals surface area contributed by atoms with Gasteiger partial charge in [-0.25, -0.2) is 4.98 Å². The zero-order chi connectivity index (χ0) is 13.7. The minimum Gasteiger partial charge on any atom is -0.374 e. The molecule has 0 saturated carbocycles. The number of nitrogens with zero attached hydrogens (tertiary/aromatic N) is 3. The van der Waals surface area contributed by atoms with Crippen LogP contribution in [0.25, 0.3) is 0 Å². The number of rotatable bonds is 6. The molecule has 1 saturated heterocycles. The van der Waals surface area contributed by atoms with Gasteiger partial charge < -0.3 is 10.1 Å². The second-order valence-electron chi connectivity index (χ2n) is 5.63. The standard InChI is InChI=1S/C14H26N4O/c1-4-8-15-12(10-13-16-11-17-18(13)3)14(2)7-5-6-9-19-14/h11-12,15H,4-10H2,1-3H3. The van der Waals surface area contributed by atoms with Gasteiger partial charge in [-0.05, 0) is 39.2 Å². The first kappa shape index (κ1) is 14.5. The van der Waals surface area contributed by atoms with Gasteiger partial charge in [0.2, 0.25) is 0 Å². The fraction of sp³-hybridized carbons (Fsp3) is 0.857. The van der Waals surface area contributed by atoms with Crippen LogP contribution in [-0.4, -0.2) is 39.6 Å². The Labute approximate surface area is 115 Å². The first-order chi connectivity index (χ1) is 9.15. The Morgan fingerprint density at radius 3 is 2.95 bits per heavy atom. The Morgan fingerprint density at radius 2 is 2.37 bits per heavy atom. The summed E-state index contributed by atoms with van der Waals surface area (Å²) in [5, 5.41) is 7.79. The van der Waals surface area contributed by atoms with Gasteiger partial charge in [-0.1, -0.05) is 6.92 Å². The molecule has 19 heavy (non-hydrogen) atoms. The zero-order valence-corrected chi connectivity index (χ0v) is 12.4. The molecule has 1 N–H and O–H groups in total. The summed E-state index contributed by atoms with van der Waals surface area (Å²) in [6, 6.07) is 0.302. The summed E-state index contributed by atoms with van der Waals surface area (Å²) in [5.41, 5.74) is -0.0840. The maximum Gasteiger partial charge on any atom is 0.138 e. The molecule has 1 fully saturated rings. The third-order valence-corrected chi connectivity index (χ3v) is 4.07. The maximum atomic E-state index is 6.09. The molecule has 0 aliphatic carbocycles. The van der Waals surface area contributed by atoms with Gasteiger partial charge in [0.1, 0.15) is 12.2 Å². The topological polar surface area (TPSA) is 52.0 Å². The Hall–Kier alpha value is -0.940. The summed E-state index contributed by atoms with van der Waals surface area (Å²) in [4.78, 5) is 4.35. The molecular weight excluding hydrogens is 240 g/mol. The van der Waals surface area contributed by atoms with E-state index in [9.17, 15) is 0 Å². The fourth-order valence-corrected chi connectivity index (χ4v) is 2.74. The van der Waals surface area contributed by atoms with E-state index in [1.54, 1.807) is 6.33 Å². The van der Waals surface area contributed by atoms with E-state index in [0.29, 0.717) is 6.04 Å². The number of aryl methyl sites for hydroxylation is 1. The number of ether oxygens (including phenoxy) is 1. The molecule has 2 atom stereocenters. The van der Waals surface area contributed by atoms with Crippen molar-refractivity contribution in [3.8, 4) is 0 Å². The lowest BCUT2D eigenvalue weighted by Gasteiger charge is -2.41. The first-order valence-electron chi connectivity index (χ1n) is 7.36. The van der Waals surface area contributed by atoms with Crippen LogP contribution in [0.5, 0.6) is 0 Å². The molecule has 1 aliphatic rings. The Morgan fingerprint density at radius 1 is 1.53 bits per heavy atom. The van der Waals surface area contributed by atoms with Crippen molar-refractivity contribution in [3.05, 3.63) is 12.2 Å². The molecule has 108 valence electrons. The highest BCUT2D eigenvalue weighted by atomic mass is 16.5. The lowest BCUT2D eigenvalue weighted by Crippen LogP contribution is -2.53.